The predicted octanol–water partition coefficient (Wildman–Crippen LogP) is 1.87. The van der Waals surface area contributed by atoms with E-state index >= 15 is 0 Å². The number of fused-ring (bicyclic) bond motifs is 1. The lowest BCUT2D eigenvalue weighted by Gasteiger charge is -2.16. The second kappa shape index (κ2) is 6.60. The standard InChI is InChI=1S/C13H17BrN2O3S2/c1-2-11(13(15)20)21(17,18)16-7-9-6-10(14)5-8-3-4-19-12(8)9/h5-6,11,16H,2-4,7H2,1H3,(H2,15,20). The number of nitrogens with two attached hydrogens (primary N) is 1. The maximum atomic E-state index is 12.2. The Hall–Kier alpha value is -0.700. The lowest BCUT2D eigenvalue weighted by Crippen LogP contribution is -2.41. The molecule has 0 saturated carbocycles. The highest BCUT2D eigenvalue weighted by Gasteiger charge is 2.27. The van der Waals surface area contributed by atoms with Gasteiger partial charge in [-0.05, 0) is 24.1 Å². The van der Waals surface area contributed by atoms with Gasteiger partial charge in [0.25, 0.3) is 0 Å². The van der Waals surface area contributed by atoms with Crippen molar-refractivity contribution in [1.82, 2.24) is 4.72 Å². The van der Waals surface area contributed by atoms with Crippen molar-refractivity contribution in [3.05, 3.63) is 27.7 Å². The highest BCUT2D eigenvalue weighted by Crippen LogP contribution is 2.33. The molecular weight excluding hydrogens is 376 g/mol. The Morgan fingerprint density at radius 1 is 1.57 bits per heavy atom. The highest BCUT2D eigenvalue weighted by atomic mass is 79.9. The minimum atomic E-state index is -3.59. The molecule has 116 valence electrons. The number of rotatable bonds is 6. The normalized spacial score (nSPS) is 15.3. The first-order valence-electron chi connectivity index (χ1n) is 6.57. The fourth-order valence-electron chi connectivity index (χ4n) is 2.33. The average Bonchev–Trinajstić information content (AvgIpc) is 2.83. The van der Waals surface area contributed by atoms with Crippen LogP contribution in [-0.4, -0.2) is 25.3 Å². The summed E-state index contributed by atoms with van der Waals surface area (Å²) in [5, 5.41) is -0.853. The van der Waals surface area contributed by atoms with E-state index < -0.39 is 15.3 Å². The van der Waals surface area contributed by atoms with Gasteiger partial charge in [-0.1, -0.05) is 35.1 Å². The monoisotopic (exact) mass is 392 g/mol. The molecular formula is C13H17BrN2O3S2. The minimum absolute atomic E-state index is 0.0132. The molecule has 1 aromatic carbocycles. The van der Waals surface area contributed by atoms with Crippen LogP contribution in [0.3, 0.4) is 0 Å². The summed E-state index contributed by atoms with van der Waals surface area (Å²) >= 11 is 8.25. The molecule has 0 spiro atoms. The van der Waals surface area contributed by atoms with Gasteiger partial charge in [-0.15, -0.1) is 0 Å². The quantitative estimate of drug-likeness (QED) is 0.722. The molecule has 0 aliphatic carbocycles. The molecule has 1 aromatic rings. The Kier molecular flexibility index (Phi) is 5.24. The molecule has 0 aromatic heterocycles. The Balaban J connectivity index is 2.19. The second-order valence-corrected chi connectivity index (χ2v) is 8.15. The zero-order chi connectivity index (χ0) is 15.6. The molecule has 2 rings (SSSR count). The van der Waals surface area contributed by atoms with Crippen molar-refractivity contribution in [3.63, 3.8) is 0 Å². The maximum Gasteiger partial charge on any atom is 0.221 e. The first kappa shape index (κ1) is 16.7. The van der Waals surface area contributed by atoms with Gasteiger partial charge in [-0.3, -0.25) is 0 Å². The Bertz CT molecular complexity index is 662. The van der Waals surface area contributed by atoms with Gasteiger partial charge in [0.1, 0.15) is 11.0 Å². The van der Waals surface area contributed by atoms with Crippen molar-refractivity contribution in [2.24, 2.45) is 5.73 Å². The molecule has 0 saturated heterocycles. The van der Waals surface area contributed by atoms with Crippen LogP contribution in [0.1, 0.15) is 24.5 Å². The van der Waals surface area contributed by atoms with Gasteiger partial charge in [0.2, 0.25) is 10.0 Å². The smallest absolute Gasteiger partial charge is 0.221 e. The summed E-state index contributed by atoms with van der Waals surface area (Å²) in [6.07, 6.45) is 1.18. The number of halogens is 1. The number of ether oxygens (including phenoxy) is 1. The van der Waals surface area contributed by atoms with E-state index in [0.717, 1.165) is 27.8 Å². The van der Waals surface area contributed by atoms with Crippen LogP contribution in [0, 0.1) is 0 Å². The van der Waals surface area contributed by atoms with Gasteiger partial charge in [-0.25, -0.2) is 13.1 Å². The van der Waals surface area contributed by atoms with Crippen LogP contribution < -0.4 is 15.2 Å². The van der Waals surface area contributed by atoms with Gasteiger partial charge in [0, 0.05) is 23.0 Å². The van der Waals surface area contributed by atoms with Crippen LogP contribution in [-0.2, 0) is 23.0 Å². The predicted molar refractivity (Wildman–Crippen MR) is 90.0 cm³/mol. The Labute approximate surface area is 138 Å². The van der Waals surface area contributed by atoms with Gasteiger partial charge >= 0.3 is 0 Å². The third kappa shape index (κ3) is 3.74. The first-order chi connectivity index (χ1) is 9.85. The summed E-state index contributed by atoms with van der Waals surface area (Å²) in [7, 11) is -3.59. The van der Waals surface area contributed by atoms with Crippen LogP contribution >= 0.6 is 28.1 Å². The molecule has 1 heterocycles. The van der Waals surface area contributed by atoms with Crippen LogP contribution in [0.4, 0.5) is 0 Å². The van der Waals surface area contributed by atoms with Crippen molar-refractivity contribution >= 4 is 43.2 Å². The maximum absolute atomic E-state index is 12.2. The van der Waals surface area contributed by atoms with Crippen molar-refractivity contribution in [1.29, 1.82) is 0 Å². The van der Waals surface area contributed by atoms with Gasteiger partial charge < -0.3 is 10.5 Å². The largest absolute Gasteiger partial charge is 0.493 e. The van der Waals surface area contributed by atoms with Gasteiger partial charge in [0.05, 0.1) is 11.6 Å². The first-order valence-corrected chi connectivity index (χ1v) is 9.31. The summed E-state index contributed by atoms with van der Waals surface area (Å²) in [5.41, 5.74) is 7.38. The third-order valence-corrected chi connectivity index (χ3v) is 6.13. The van der Waals surface area contributed by atoms with E-state index in [4.69, 9.17) is 22.7 Å². The van der Waals surface area contributed by atoms with E-state index in [-0.39, 0.29) is 11.5 Å². The number of sulfonamides is 1. The lowest BCUT2D eigenvalue weighted by atomic mass is 10.1. The van der Waals surface area contributed by atoms with E-state index in [1.807, 2.05) is 12.1 Å². The van der Waals surface area contributed by atoms with Crippen LogP contribution in [0.5, 0.6) is 5.75 Å². The third-order valence-electron chi connectivity index (χ3n) is 3.35. The van der Waals surface area contributed by atoms with Crippen LogP contribution in [0.15, 0.2) is 16.6 Å². The van der Waals surface area contributed by atoms with E-state index in [0.29, 0.717) is 13.0 Å². The fraction of sp³-hybridized carbons (Fsp3) is 0.462. The summed E-state index contributed by atoms with van der Waals surface area (Å²) in [4.78, 5) is -0.0132. The second-order valence-electron chi connectivity index (χ2n) is 4.82. The Morgan fingerprint density at radius 2 is 2.29 bits per heavy atom. The fourth-order valence-corrected chi connectivity index (χ4v) is 4.73. The molecule has 1 aliphatic rings. The lowest BCUT2D eigenvalue weighted by molar-refractivity contribution is 0.353. The molecule has 3 N–H and O–H groups in total. The van der Waals surface area contributed by atoms with Gasteiger partial charge in [-0.2, -0.15) is 0 Å². The average molecular weight is 393 g/mol. The van der Waals surface area contributed by atoms with Crippen molar-refractivity contribution in [2.75, 3.05) is 6.61 Å². The zero-order valence-corrected chi connectivity index (χ0v) is 14.8. The summed E-state index contributed by atoms with van der Waals surface area (Å²) in [5.74, 6) is 0.768. The molecule has 0 bridgehead atoms. The Morgan fingerprint density at radius 3 is 2.90 bits per heavy atom. The number of thiocarbonyl (C=S) groups is 1. The molecule has 21 heavy (non-hydrogen) atoms. The number of nitrogens with one attached hydrogen (secondary N) is 1. The van der Waals surface area contributed by atoms with E-state index in [2.05, 4.69) is 20.7 Å². The number of hydrogen-bond acceptors (Lipinski definition) is 4. The SMILES string of the molecule is CCC(C(N)=S)S(=O)(=O)NCc1cc(Br)cc2c1OCC2. The molecule has 1 atom stereocenters. The van der Waals surface area contributed by atoms with Crippen molar-refractivity contribution < 1.29 is 13.2 Å². The highest BCUT2D eigenvalue weighted by molar-refractivity contribution is 9.10. The number of benzene rings is 1. The zero-order valence-electron chi connectivity index (χ0n) is 11.6. The van der Waals surface area contributed by atoms with E-state index in [1.54, 1.807) is 6.92 Å². The van der Waals surface area contributed by atoms with E-state index in [9.17, 15) is 8.42 Å². The molecule has 5 nitrogen and oxygen atoms in total. The van der Waals surface area contributed by atoms with Crippen LogP contribution in [0.25, 0.3) is 0 Å². The minimum Gasteiger partial charge on any atom is -0.493 e. The summed E-state index contributed by atoms with van der Waals surface area (Å²) in [6.45, 7) is 2.52. The van der Waals surface area contributed by atoms with Crippen LogP contribution in [0.2, 0.25) is 0 Å². The molecule has 1 unspecified atom stereocenters. The molecule has 0 radical (unpaired) electrons. The molecule has 0 fully saturated rings. The van der Waals surface area contributed by atoms with Crippen molar-refractivity contribution in [2.45, 2.75) is 31.6 Å². The van der Waals surface area contributed by atoms with E-state index in [1.165, 1.54) is 0 Å². The molecule has 8 heteroatoms. The summed E-state index contributed by atoms with van der Waals surface area (Å²) in [6, 6.07) is 3.85. The topological polar surface area (TPSA) is 81.4 Å². The van der Waals surface area contributed by atoms with Crippen molar-refractivity contribution in [3.8, 4) is 5.75 Å². The summed E-state index contributed by atoms with van der Waals surface area (Å²) < 4.78 is 33.5. The number of hydrogen-bond donors (Lipinski definition) is 2. The molecule has 1 aliphatic heterocycles. The molecule has 0 amide bonds. The van der Waals surface area contributed by atoms with Gasteiger partial charge in [0.15, 0.2) is 0 Å².